The molecule has 1 fully saturated rings. The van der Waals surface area contributed by atoms with Gasteiger partial charge in [0.25, 0.3) is 11.8 Å². The molecule has 122 valence electrons. The highest BCUT2D eigenvalue weighted by Crippen LogP contribution is 2.45. The van der Waals surface area contributed by atoms with Gasteiger partial charge in [0.1, 0.15) is 0 Å². The van der Waals surface area contributed by atoms with Crippen molar-refractivity contribution in [1.29, 1.82) is 0 Å². The lowest BCUT2D eigenvalue weighted by molar-refractivity contribution is 0.0964. The van der Waals surface area contributed by atoms with E-state index >= 15 is 0 Å². The monoisotopic (exact) mass is 356 g/mol. The molecule has 1 saturated heterocycles. The van der Waals surface area contributed by atoms with E-state index < -0.39 is 0 Å². The van der Waals surface area contributed by atoms with Crippen LogP contribution in [0.4, 0.5) is 5.69 Å². The minimum Gasteiger partial charge on any atom is -0.348 e. The predicted molar refractivity (Wildman–Crippen MR) is 99.7 cm³/mol. The van der Waals surface area contributed by atoms with E-state index in [1.54, 1.807) is 6.07 Å². The van der Waals surface area contributed by atoms with Gasteiger partial charge in [-0.15, -0.1) is 23.5 Å². The van der Waals surface area contributed by atoms with E-state index in [0.717, 1.165) is 5.56 Å². The van der Waals surface area contributed by atoms with Crippen molar-refractivity contribution in [2.24, 2.45) is 0 Å². The Balaban J connectivity index is 1.48. The first kappa shape index (κ1) is 15.6. The summed E-state index contributed by atoms with van der Waals surface area (Å²) >= 11 is 3.90. The highest BCUT2D eigenvalue weighted by Gasteiger charge is 2.20. The van der Waals surface area contributed by atoms with Crippen molar-refractivity contribution < 1.29 is 9.59 Å². The van der Waals surface area contributed by atoms with E-state index in [1.165, 1.54) is 17.1 Å². The molecular weight excluding hydrogens is 340 g/mol. The summed E-state index contributed by atoms with van der Waals surface area (Å²) < 4.78 is 0.484. The van der Waals surface area contributed by atoms with E-state index in [2.05, 4.69) is 10.6 Å². The van der Waals surface area contributed by atoms with Gasteiger partial charge in [0.15, 0.2) is 0 Å². The molecule has 0 saturated carbocycles. The molecule has 4 rings (SSSR count). The molecule has 2 amide bonds. The summed E-state index contributed by atoms with van der Waals surface area (Å²) in [5, 5.41) is 5.64. The number of rotatable bonds is 3. The second kappa shape index (κ2) is 6.53. The van der Waals surface area contributed by atoms with E-state index in [-0.39, 0.29) is 11.8 Å². The van der Waals surface area contributed by atoms with Crippen LogP contribution in [0.3, 0.4) is 0 Å². The van der Waals surface area contributed by atoms with Gasteiger partial charge < -0.3 is 10.6 Å². The second-order valence-electron chi connectivity index (χ2n) is 5.70. The number of hydrogen-bond acceptors (Lipinski definition) is 4. The number of carbonyl (C=O) groups excluding carboxylic acids is 2. The molecule has 0 unspecified atom stereocenters. The van der Waals surface area contributed by atoms with Gasteiger partial charge in [-0.2, -0.15) is 0 Å². The molecule has 2 N–H and O–H groups in total. The summed E-state index contributed by atoms with van der Waals surface area (Å²) in [6, 6.07) is 13.2. The quantitative estimate of drug-likeness (QED) is 0.881. The van der Waals surface area contributed by atoms with Crippen LogP contribution in [0.15, 0.2) is 42.5 Å². The number of benzene rings is 2. The van der Waals surface area contributed by atoms with E-state index in [1.807, 2.05) is 59.9 Å². The van der Waals surface area contributed by atoms with Gasteiger partial charge in [0.05, 0.1) is 4.58 Å². The SMILES string of the molecule is O=C(Nc1ccc2c(c1)C(=O)NC2)c1ccc(C2SCCS2)cc1. The fourth-order valence-electron chi connectivity index (χ4n) is 2.84. The number of hydrogen-bond donors (Lipinski definition) is 2. The van der Waals surface area contributed by atoms with Crippen molar-refractivity contribution in [3.8, 4) is 0 Å². The van der Waals surface area contributed by atoms with Crippen LogP contribution in [0.2, 0.25) is 0 Å². The van der Waals surface area contributed by atoms with E-state index in [0.29, 0.717) is 27.9 Å². The Morgan fingerprint density at radius 1 is 1.08 bits per heavy atom. The van der Waals surface area contributed by atoms with Crippen molar-refractivity contribution in [3.63, 3.8) is 0 Å². The molecule has 0 bridgehead atoms. The third-order valence-corrected chi connectivity index (χ3v) is 7.22. The third kappa shape index (κ3) is 3.03. The van der Waals surface area contributed by atoms with Crippen LogP contribution in [0.25, 0.3) is 0 Å². The fourth-order valence-corrected chi connectivity index (χ4v) is 5.70. The van der Waals surface area contributed by atoms with Crippen LogP contribution in [-0.2, 0) is 6.54 Å². The summed E-state index contributed by atoms with van der Waals surface area (Å²) in [6.07, 6.45) is 0. The zero-order valence-corrected chi connectivity index (χ0v) is 14.5. The molecule has 4 nitrogen and oxygen atoms in total. The Kier molecular flexibility index (Phi) is 4.24. The average molecular weight is 356 g/mol. The Labute approximate surface area is 148 Å². The number of thioether (sulfide) groups is 2. The minimum atomic E-state index is -0.161. The maximum atomic E-state index is 12.4. The first-order valence-corrected chi connectivity index (χ1v) is 9.86. The molecule has 6 heteroatoms. The smallest absolute Gasteiger partial charge is 0.255 e. The van der Waals surface area contributed by atoms with Crippen LogP contribution in [0, 0.1) is 0 Å². The molecular formula is C18H16N2O2S2. The van der Waals surface area contributed by atoms with Gasteiger partial charge in [0.2, 0.25) is 0 Å². The summed E-state index contributed by atoms with van der Waals surface area (Å²) in [7, 11) is 0. The molecule has 0 radical (unpaired) electrons. The molecule has 0 spiro atoms. The van der Waals surface area contributed by atoms with Crippen LogP contribution in [0.1, 0.15) is 36.4 Å². The highest BCUT2D eigenvalue weighted by molar-refractivity contribution is 8.19. The topological polar surface area (TPSA) is 58.2 Å². The molecule has 2 aromatic carbocycles. The number of nitrogens with one attached hydrogen (secondary N) is 2. The Bertz CT molecular complexity index is 799. The molecule has 0 aromatic heterocycles. The summed E-state index contributed by atoms with van der Waals surface area (Å²) in [5.41, 5.74) is 4.12. The van der Waals surface area contributed by atoms with Gasteiger partial charge in [-0.1, -0.05) is 18.2 Å². The van der Waals surface area contributed by atoms with Crippen LogP contribution in [0.5, 0.6) is 0 Å². The fraction of sp³-hybridized carbons (Fsp3) is 0.222. The normalized spacial score (nSPS) is 16.8. The lowest BCUT2D eigenvalue weighted by Gasteiger charge is -2.10. The van der Waals surface area contributed by atoms with Gasteiger partial charge >= 0.3 is 0 Å². The van der Waals surface area contributed by atoms with Crippen LogP contribution >= 0.6 is 23.5 Å². The second-order valence-corrected chi connectivity index (χ2v) is 8.43. The van der Waals surface area contributed by atoms with Crippen LogP contribution in [-0.4, -0.2) is 23.3 Å². The number of carbonyl (C=O) groups is 2. The number of amides is 2. The Morgan fingerprint density at radius 2 is 1.83 bits per heavy atom. The largest absolute Gasteiger partial charge is 0.348 e. The molecule has 2 heterocycles. The van der Waals surface area contributed by atoms with Crippen LogP contribution < -0.4 is 10.6 Å². The third-order valence-electron chi connectivity index (χ3n) is 4.12. The zero-order valence-electron chi connectivity index (χ0n) is 12.9. The summed E-state index contributed by atoms with van der Waals surface area (Å²) in [6.45, 7) is 0.557. The lowest BCUT2D eigenvalue weighted by Crippen LogP contribution is -2.14. The minimum absolute atomic E-state index is 0.0861. The highest BCUT2D eigenvalue weighted by atomic mass is 32.2. The Morgan fingerprint density at radius 3 is 2.58 bits per heavy atom. The van der Waals surface area contributed by atoms with Crippen molar-refractivity contribution in [3.05, 3.63) is 64.7 Å². The zero-order chi connectivity index (χ0) is 16.5. The molecule has 24 heavy (non-hydrogen) atoms. The average Bonchev–Trinajstić information content (AvgIpc) is 3.26. The van der Waals surface area contributed by atoms with Crippen molar-refractivity contribution in [1.82, 2.24) is 5.32 Å². The molecule has 0 aliphatic carbocycles. The Hall–Kier alpha value is -1.92. The van der Waals surface area contributed by atoms with Gasteiger partial charge in [-0.25, -0.2) is 0 Å². The summed E-state index contributed by atoms with van der Waals surface area (Å²) in [4.78, 5) is 24.1. The maximum Gasteiger partial charge on any atom is 0.255 e. The van der Waals surface area contributed by atoms with Crippen molar-refractivity contribution >= 4 is 41.0 Å². The maximum absolute atomic E-state index is 12.4. The van der Waals surface area contributed by atoms with Crippen molar-refractivity contribution in [2.75, 3.05) is 16.8 Å². The van der Waals surface area contributed by atoms with Gasteiger partial charge in [0, 0.05) is 34.9 Å². The summed E-state index contributed by atoms with van der Waals surface area (Å²) in [5.74, 6) is 2.12. The van der Waals surface area contributed by atoms with Gasteiger partial charge in [-0.05, 0) is 35.4 Å². The van der Waals surface area contributed by atoms with Crippen molar-refractivity contribution in [2.45, 2.75) is 11.1 Å². The predicted octanol–water partition coefficient (Wildman–Crippen LogP) is 3.66. The molecule has 2 aliphatic rings. The number of anilines is 1. The number of fused-ring (bicyclic) bond motifs is 1. The molecule has 2 aromatic rings. The molecule has 0 atom stereocenters. The lowest BCUT2D eigenvalue weighted by atomic mass is 10.1. The van der Waals surface area contributed by atoms with E-state index in [9.17, 15) is 9.59 Å². The first-order valence-electron chi connectivity index (χ1n) is 7.76. The van der Waals surface area contributed by atoms with Gasteiger partial charge in [-0.3, -0.25) is 9.59 Å². The van der Waals surface area contributed by atoms with E-state index in [4.69, 9.17) is 0 Å². The first-order chi connectivity index (χ1) is 11.7. The molecule has 2 aliphatic heterocycles. The standard InChI is InChI=1S/C18H16N2O2S2/c21-16(11-1-3-12(4-2-11)18-23-7-8-24-18)20-14-6-5-13-10-19-17(22)15(13)9-14/h1-6,9,18H,7-8,10H2,(H,19,22)(H,20,21).